The van der Waals surface area contributed by atoms with Crippen molar-refractivity contribution in [3.63, 3.8) is 0 Å². The third-order valence-corrected chi connectivity index (χ3v) is 2.94. The molecular formula is C12H18N4O2. The molecule has 0 spiro atoms. The molecule has 2 N–H and O–H groups in total. The molecule has 0 aliphatic heterocycles. The quantitative estimate of drug-likeness (QED) is 0.860. The molecule has 0 aromatic carbocycles. The fourth-order valence-corrected chi connectivity index (χ4v) is 1.98. The molecule has 0 saturated carbocycles. The molecule has 2 heterocycles. The van der Waals surface area contributed by atoms with Gasteiger partial charge in [-0.2, -0.15) is 5.10 Å². The van der Waals surface area contributed by atoms with Crippen molar-refractivity contribution in [2.75, 3.05) is 7.11 Å². The van der Waals surface area contributed by atoms with E-state index in [1.54, 1.807) is 7.11 Å². The highest BCUT2D eigenvalue weighted by Gasteiger charge is 2.12. The Hall–Kier alpha value is -1.66. The summed E-state index contributed by atoms with van der Waals surface area (Å²) in [7, 11) is 1.62. The monoisotopic (exact) mass is 250 g/mol. The summed E-state index contributed by atoms with van der Waals surface area (Å²) in [6.45, 7) is 5.49. The third kappa shape index (κ3) is 2.44. The van der Waals surface area contributed by atoms with Gasteiger partial charge in [0, 0.05) is 31.0 Å². The molecule has 0 bridgehead atoms. The second-order valence-corrected chi connectivity index (χ2v) is 4.23. The molecule has 18 heavy (non-hydrogen) atoms. The number of nitrogens with two attached hydrogens (primary N) is 1. The van der Waals surface area contributed by atoms with Crippen molar-refractivity contribution in [1.29, 1.82) is 0 Å². The summed E-state index contributed by atoms with van der Waals surface area (Å²) < 4.78 is 12.0. The van der Waals surface area contributed by atoms with E-state index in [4.69, 9.17) is 15.0 Å². The van der Waals surface area contributed by atoms with E-state index in [2.05, 4.69) is 10.3 Å². The van der Waals surface area contributed by atoms with Crippen LogP contribution in [-0.2, 0) is 24.4 Å². The van der Waals surface area contributed by atoms with Crippen LogP contribution in [0.3, 0.4) is 0 Å². The molecule has 6 heteroatoms. The minimum Gasteiger partial charge on any atom is -0.377 e. The Labute approximate surface area is 106 Å². The van der Waals surface area contributed by atoms with Gasteiger partial charge in [0.15, 0.2) is 5.76 Å². The first-order valence-electron chi connectivity index (χ1n) is 5.82. The van der Waals surface area contributed by atoms with E-state index in [1.165, 1.54) is 0 Å². The molecule has 2 aromatic rings. The lowest BCUT2D eigenvalue weighted by atomic mass is 10.2. The number of aromatic nitrogens is 3. The fraction of sp³-hybridized carbons (Fsp3) is 0.500. The van der Waals surface area contributed by atoms with Gasteiger partial charge in [-0.3, -0.25) is 4.68 Å². The van der Waals surface area contributed by atoms with E-state index in [-0.39, 0.29) is 0 Å². The molecule has 2 rings (SSSR count). The van der Waals surface area contributed by atoms with E-state index in [9.17, 15) is 0 Å². The molecule has 0 fully saturated rings. The number of rotatable bonds is 5. The summed E-state index contributed by atoms with van der Waals surface area (Å²) in [6, 6.07) is 1.88. The molecule has 6 nitrogen and oxygen atoms in total. The van der Waals surface area contributed by atoms with Crippen LogP contribution >= 0.6 is 0 Å². The van der Waals surface area contributed by atoms with Crippen LogP contribution < -0.4 is 5.73 Å². The van der Waals surface area contributed by atoms with Crippen molar-refractivity contribution < 1.29 is 9.26 Å². The van der Waals surface area contributed by atoms with Gasteiger partial charge in [0.2, 0.25) is 0 Å². The normalized spacial score (nSPS) is 11.1. The first kappa shape index (κ1) is 12.8. The number of aryl methyl sites for hydroxylation is 1. The first-order valence-corrected chi connectivity index (χ1v) is 5.82. The number of methoxy groups -OCH3 is 1. The van der Waals surface area contributed by atoms with Gasteiger partial charge in [-0.25, -0.2) is 0 Å². The van der Waals surface area contributed by atoms with E-state index >= 15 is 0 Å². The Morgan fingerprint density at radius 2 is 2.22 bits per heavy atom. The van der Waals surface area contributed by atoms with Gasteiger partial charge < -0.3 is 15.0 Å². The lowest BCUT2D eigenvalue weighted by Gasteiger charge is -2.01. The minimum absolute atomic E-state index is 0.429. The first-order chi connectivity index (χ1) is 8.65. The molecular weight excluding hydrogens is 232 g/mol. The summed E-state index contributed by atoms with van der Waals surface area (Å²) in [5.74, 6) is 0.716. The van der Waals surface area contributed by atoms with Crippen molar-refractivity contribution in [1.82, 2.24) is 14.9 Å². The average Bonchev–Trinajstić information content (AvgIpc) is 2.87. The zero-order valence-electron chi connectivity index (χ0n) is 10.9. The van der Waals surface area contributed by atoms with Crippen molar-refractivity contribution in [2.45, 2.75) is 33.5 Å². The molecule has 0 atom stereocenters. The summed E-state index contributed by atoms with van der Waals surface area (Å²) in [4.78, 5) is 0. The highest BCUT2D eigenvalue weighted by molar-refractivity contribution is 5.24. The van der Waals surface area contributed by atoms with Crippen molar-refractivity contribution in [2.24, 2.45) is 5.73 Å². The maximum absolute atomic E-state index is 5.70. The predicted molar refractivity (Wildman–Crippen MR) is 65.9 cm³/mol. The van der Waals surface area contributed by atoms with Crippen LogP contribution in [0.15, 0.2) is 10.6 Å². The molecule has 98 valence electrons. The number of ether oxygens (including phenoxy) is 1. The fourth-order valence-electron chi connectivity index (χ4n) is 1.98. The van der Waals surface area contributed by atoms with Gasteiger partial charge in [0.1, 0.15) is 12.3 Å². The van der Waals surface area contributed by atoms with Gasteiger partial charge >= 0.3 is 0 Å². The predicted octanol–water partition coefficient (Wildman–Crippen LogP) is 1.14. The van der Waals surface area contributed by atoms with E-state index in [0.29, 0.717) is 25.5 Å². The average molecular weight is 250 g/mol. The van der Waals surface area contributed by atoms with Crippen LogP contribution in [0, 0.1) is 13.8 Å². The van der Waals surface area contributed by atoms with Gasteiger partial charge in [-0.15, -0.1) is 0 Å². The summed E-state index contributed by atoms with van der Waals surface area (Å²) >= 11 is 0. The van der Waals surface area contributed by atoms with E-state index in [1.807, 2.05) is 24.6 Å². The highest BCUT2D eigenvalue weighted by atomic mass is 16.5. The maximum Gasteiger partial charge on any atom is 0.162 e. The van der Waals surface area contributed by atoms with Gasteiger partial charge in [0.05, 0.1) is 12.2 Å². The Kier molecular flexibility index (Phi) is 3.78. The smallest absolute Gasteiger partial charge is 0.162 e. The minimum atomic E-state index is 0.429. The molecule has 0 saturated heterocycles. The van der Waals surface area contributed by atoms with Crippen LogP contribution in [0.4, 0.5) is 0 Å². The summed E-state index contributed by atoms with van der Waals surface area (Å²) in [6.07, 6.45) is 0. The van der Waals surface area contributed by atoms with Crippen LogP contribution in [0.5, 0.6) is 0 Å². The molecule has 0 radical (unpaired) electrons. The lowest BCUT2D eigenvalue weighted by molar-refractivity contribution is 0.155. The number of nitrogens with zero attached hydrogens (tertiary/aromatic N) is 3. The van der Waals surface area contributed by atoms with Gasteiger partial charge in [0.25, 0.3) is 0 Å². The number of hydrogen-bond acceptors (Lipinski definition) is 5. The van der Waals surface area contributed by atoms with Crippen LogP contribution in [0.1, 0.15) is 28.4 Å². The molecule has 2 aromatic heterocycles. The van der Waals surface area contributed by atoms with Crippen molar-refractivity contribution in [3.05, 3.63) is 34.5 Å². The summed E-state index contributed by atoms with van der Waals surface area (Å²) in [5.41, 5.74) is 9.66. The largest absolute Gasteiger partial charge is 0.377 e. The summed E-state index contributed by atoms with van der Waals surface area (Å²) in [5, 5.41) is 8.44. The van der Waals surface area contributed by atoms with E-state index in [0.717, 1.165) is 22.6 Å². The number of hydrogen-bond donors (Lipinski definition) is 1. The maximum atomic E-state index is 5.70. The van der Waals surface area contributed by atoms with Crippen LogP contribution in [-0.4, -0.2) is 22.0 Å². The molecule has 0 amide bonds. The molecule has 0 aliphatic carbocycles. The SMILES string of the molecule is COCc1cc(Cn2nc(C)c(CN)c2C)no1. The van der Waals surface area contributed by atoms with Crippen LogP contribution in [0.2, 0.25) is 0 Å². The van der Waals surface area contributed by atoms with Crippen molar-refractivity contribution >= 4 is 0 Å². The molecule has 0 unspecified atom stereocenters. The Morgan fingerprint density at radius 1 is 1.44 bits per heavy atom. The third-order valence-electron chi connectivity index (χ3n) is 2.94. The standard InChI is InChI=1S/C12H18N4O2/c1-8-12(5-13)9(2)16(14-8)6-10-4-11(7-17-3)18-15-10/h4H,5-7,13H2,1-3H3. The van der Waals surface area contributed by atoms with Gasteiger partial charge in [-0.05, 0) is 13.8 Å². The zero-order chi connectivity index (χ0) is 13.1. The second-order valence-electron chi connectivity index (χ2n) is 4.23. The molecule has 0 aliphatic rings. The highest BCUT2D eigenvalue weighted by Crippen LogP contribution is 2.14. The Balaban J connectivity index is 2.17. The van der Waals surface area contributed by atoms with Crippen LogP contribution in [0.25, 0.3) is 0 Å². The van der Waals surface area contributed by atoms with Gasteiger partial charge in [-0.1, -0.05) is 5.16 Å². The zero-order valence-corrected chi connectivity index (χ0v) is 10.9. The van der Waals surface area contributed by atoms with E-state index < -0.39 is 0 Å². The topological polar surface area (TPSA) is 79.1 Å². The Bertz CT molecular complexity index is 530. The second kappa shape index (κ2) is 5.32. The van der Waals surface area contributed by atoms with Crippen molar-refractivity contribution in [3.8, 4) is 0 Å². The Morgan fingerprint density at radius 3 is 2.83 bits per heavy atom. The lowest BCUT2D eigenvalue weighted by Crippen LogP contribution is -2.05.